The molecule has 1 heterocycles. The molecule has 12 heavy (non-hydrogen) atoms. The van der Waals surface area contributed by atoms with Crippen molar-refractivity contribution in [3.8, 4) is 0 Å². The van der Waals surface area contributed by atoms with Gasteiger partial charge < -0.3 is 10.0 Å². The number of aliphatic hydroxyl groups excluding tert-OH is 1. The van der Waals surface area contributed by atoms with Crippen LogP contribution in [0.25, 0.3) is 0 Å². The van der Waals surface area contributed by atoms with Gasteiger partial charge in [0, 0.05) is 13.3 Å². The number of carbonyl (C=O) groups excluding carboxylic acids is 1. The maximum Gasteiger partial charge on any atom is 0.269 e. The number of amides is 1. The van der Waals surface area contributed by atoms with Crippen LogP contribution >= 0.6 is 0 Å². The number of hydrogen-bond donors (Lipinski definition) is 1. The molecule has 0 aromatic heterocycles. The number of likely N-dealkylation sites (N-methyl/N-ethyl adjacent to an activating group) is 1. The molecule has 0 aromatic carbocycles. The molecule has 1 aliphatic rings. The van der Waals surface area contributed by atoms with Gasteiger partial charge in [0.2, 0.25) is 0 Å². The molecule has 0 atom stereocenters. The molecule has 68 valence electrons. The van der Waals surface area contributed by atoms with E-state index in [4.69, 9.17) is 5.11 Å². The smallest absolute Gasteiger partial charge is 0.269 e. The molecule has 0 saturated heterocycles. The van der Waals surface area contributed by atoms with Gasteiger partial charge in [-0.05, 0) is 0 Å². The van der Waals surface area contributed by atoms with E-state index in [1.807, 2.05) is 0 Å². The minimum atomic E-state index is -3.60. The molecule has 0 radical (unpaired) electrons. The van der Waals surface area contributed by atoms with Crippen LogP contribution < -0.4 is 0 Å². The van der Waals surface area contributed by atoms with Crippen molar-refractivity contribution in [2.45, 2.75) is 0 Å². The average Bonchev–Trinajstić information content (AvgIpc) is 2.05. The van der Waals surface area contributed by atoms with Crippen molar-refractivity contribution in [2.75, 3.05) is 19.8 Å². The van der Waals surface area contributed by atoms with Gasteiger partial charge in [-0.3, -0.25) is 4.79 Å². The highest BCUT2D eigenvalue weighted by molar-refractivity contribution is 7.95. The predicted molar refractivity (Wildman–Crippen MR) is 42.1 cm³/mol. The maximum atomic E-state index is 11.1. The lowest BCUT2D eigenvalue weighted by Gasteiger charge is -2.05. The third-order valence-corrected chi connectivity index (χ3v) is 2.71. The van der Waals surface area contributed by atoms with Gasteiger partial charge in [0.1, 0.15) is 5.76 Å². The van der Waals surface area contributed by atoms with Crippen LogP contribution in [-0.4, -0.2) is 44.2 Å². The summed E-state index contributed by atoms with van der Waals surface area (Å²) < 4.78 is 21.9. The quantitative estimate of drug-likeness (QED) is 0.593. The van der Waals surface area contributed by atoms with E-state index in [9.17, 15) is 13.2 Å². The van der Waals surface area contributed by atoms with Crippen LogP contribution in [-0.2, 0) is 14.6 Å². The molecule has 0 bridgehead atoms. The number of aliphatic hydroxyl groups is 1. The van der Waals surface area contributed by atoms with E-state index in [-0.39, 0.29) is 12.3 Å². The molecule has 0 saturated carbocycles. The van der Waals surface area contributed by atoms with Gasteiger partial charge in [0.15, 0.2) is 14.7 Å². The third kappa shape index (κ3) is 1.29. The molecule has 5 nitrogen and oxygen atoms in total. The fraction of sp³-hybridized carbons (Fsp3) is 0.500. The Morgan fingerprint density at radius 2 is 2.00 bits per heavy atom. The predicted octanol–water partition coefficient (Wildman–Crippen LogP) is -0.727. The summed E-state index contributed by atoms with van der Waals surface area (Å²) in [6, 6.07) is 0. The van der Waals surface area contributed by atoms with E-state index in [2.05, 4.69) is 0 Å². The first kappa shape index (κ1) is 9.05. The fourth-order valence-electron chi connectivity index (χ4n) is 1.04. The van der Waals surface area contributed by atoms with Gasteiger partial charge in [0.25, 0.3) is 5.91 Å². The van der Waals surface area contributed by atoms with Crippen LogP contribution in [0.2, 0.25) is 0 Å². The van der Waals surface area contributed by atoms with E-state index >= 15 is 0 Å². The molecule has 0 aliphatic carbocycles. The third-order valence-electron chi connectivity index (χ3n) is 1.56. The number of sulfone groups is 1. The van der Waals surface area contributed by atoms with Crippen LogP contribution in [0.5, 0.6) is 0 Å². The summed E-state index contributed by atoms with van der Waals surface area (Å²) in [7, 11) is -2.17. The van der Waals surface area contributed by atoms with Gasteiger partial charge >= 0.3 is 0 Å². The normalized spacial score (nSPS) is 19.2. The Bertz CT molecular complexity index is 354. The Morgan fingerprint density at radius 1 is 1.50 bits per heavy atom. The second-order valence-electron chi connectivity index (χ2n) is 2.71. The van der Waals surface area contributed by atoms with Crippen molar-refractivity contribution in [1.82, 2.24) is 4.90 Å². The van der Waals surface area contributed by atoms with Crippen molar-refractivity contribution < 1.29 is 18.3 Å². The highest BCUT2D eigenvalue weighted by atomic mass is 32.2. The number of rotatable bonds is 1. The van der Waals surface area contributed by atoms with Crippen LogP contribution in [0, 0.1) is 0 Å². The molecular formula is C6H9NO4S. The molecule has 0 fully saturated rings. The Hall–Kier alpha value is -1.04. The standard InChI is InChI=1S/C6H9NO4S/c1-7-3-4(8)5(6(7)9)12(2,10)11/h8H,3H2,1-2H3. The summed E-state index contributed by atoms with van der Waals surface area (Å²) in [5.74, 6) is -1.01. The Morgan fingerprint density at radius 3 is 2.17 bits per heavy atom. The highest BCUT2D eigenvalue weighted by Crippen LogP contribution is 2.19. The van der Waals surface area contributed by atoms with Crippen LogP contribution in [0.15, 0.2) is 10.7 Å². The van der Waals surface area contributed by atoms with Crippen molar-refractivity contribution in [3.63, 3.8) is 0 Å². The zero-order chi connectivity index (χ0) is 9.52. The lowest BCUT2D eigenvalue weighted by Crippen LogP contribution is -2.23. The summed E-state index contributed by atoms with van der Waals surface area (Å²) in [6.07, 6.45) is 0.898. The van der Waals surface area contributed by atoms with Gasteiger partial charge in [-0.1, -0.05) is 0 Å². The molecule has 6 heteroatoms. The van der Waals surface area contributed by atoms with Crippen molar-refractivity contribution >= 4 is 15.7 Å². The topological polar surface area (TPSA) is 74.7 Å². The Labute approximate surface area is 70.2 Å². The van der Waals surface area contributed by atoms with E-state index in [0.717, 1.165) is 11.2 Å². The molecule has 0 spiro atoms. The number of hydrogen-bond acceptors (Lipinski definition) is 4. The van der Waals surface area contributed by atoms with Crippen molar-refractivity contribution in [3.05, 3.63) is 10.7 Å². The summed E-state index contributed by atoms with van der Waals surface area (Å²) in [5.41, 5.74) is 0. The highest BCUT2D eigenvalue weighted by Gasteiger charge is 2.34. The summed E-state index contributed by atoms with van der Waals surface area (Å²) in [6.45, 7) is -0.0266. The zero-order valence-corrected chi connectivity index (χ0v) is 7.55. The molecule has 1 N–H and O–H groups in total. The van der Waals surface area contributed by atoms with Crippen LogP contribution in [0.3, 0.4) is 0 Å². The second kappa shape index (κ2) is 2.48. The van der Waals surface area contributed by atoms with Crippen molar-refractivity contribution in [2.24, 2.45) is 0 Å². The summed E-state index contributed by atoms with van der Waals surface area (Å²) in [4.78, 5) is 11.8. The lowest BCUT2D eigenvalue weighted by molar-refractivity contribution is -0.123. The molecule has 1 amide bonds. The first-order valence-electron chi connectivity index (χ1n) is 3.21. The van der Waals surface area contributed by atoms with Gasteiger partial charge in [-0.25, -0.2) is 8.42 Å². The first-order valence-corrected chi connectivity index (χ1v) is 5.11. The number of nitrogens with zero attached hydrogens (tertiary/aromatic N) is 1. The SMILES string of the molecule is CN1CC(O)=C(S(C)(=O)=O)C1=O. The van der Waals surface area contributed by atoms with Gasteiger partial charge in [0.05, 0.1) is 6.54 Å². The number of carbonyl (C=O) groups is 1. The summed E-state index contributed by atoms with van der Waals surface area (Å²) >= 11 is 0. The fourth-order valence-corrected chi connectivity index (χ4v) is 2.00. The average molecular weight is 191 g/mol. The van der Waals surface area contributed by atoms with E-state index in [1.165, 1.54) is 7.05 Å². The van der Waals surface area contributed by atoms with E-state index in [0.29, 0.717) is 0 Å². The Balaban J connectivity index is 3.22. The van der Waals surface area contributed by atoms with Gasteiger partial charge in [-0.15, -0.1) is 0 Å². The van der Waals surface area contributed by atoms with Gasteiger partial charge in [-0.2, -0.15) is 0 Å². The zero-order valence-electron chi connectivity index (χ0n) is 6.73. The lowest BCUT2D eigenvalue weighted by atomic mass is 10.5. The first-order chi connectivity index (χ1) is 5.34. The van der Waals surface area contributed by atoms with E-state index in [1.54, 1.807) is 0 Å². The molecule has 0 unspecified atom stereocenters. The molecule has 1 rings (SSSR count). The van der Waals surface area contributed by atoms with Crippen LogP contribution in [0.4, 0.5) is 0 Å². The molecule has 0 aromatic rings. The summed E-state index contributed by atoms with van der Waals surface area (Å²) in [5, 5.41) is 9.10. The minimum absolute atomic E-state index is 0.0266. The minimum Gasteiger partial charge on any atom is -0.509 e. The maximum absolute atomic E-state index is 11.1. The second-order valence-corrected chi connectivity index (χ2v) is 4.66. The Kier molecular flexibility index (Phi) is 1.87. The monoisotopic (exact) mass is 191 g/mol. The molecule has 1 aliphatic heterocycles. The van der Waals surface area contributed by atoms with Crippen molar-refractivity contribution in [1.29, 1.82) is 0 Å². The largest absolute Gasteiger partial charge is 0.509 e. The van der Waals surface area contributed by atoms with Crippen LogP contribution in [0.1, 0.15) is 0 Å². The molecular weight excluding hydrogens is 182 g/mol. The van der Waals surface area contributed by atoms with E-state index < -0.39 is 20.6 Å².